The molecule has 0 saturated carbocycles. The lowest BCUT2D eigenvalue weighted by atomic mass is 10.1. The summed E-state index contributed by atoms with van der Waals surface area (Å²) in [7, 11) is 0. The van der Waals surface area contributed by atoms with Crippen molar-refractivity contribution in [3.05, 3.63) is 59.7 Å². The molecule has 0 aliphatic carbocycles. The maximum Gasteiger partial charge on any atom is 0.347 e. The Bertz CT molecular complexity index is 786. The molecule has 6 heteroatoms. The summed E-state index contributed by atoms with van der Waals surface area (Å²) >= 11 is 0. The predicted octanol–water partition coefficient (Wildman–Crippen LogP) is 4.63. The topological polar surface area (TPSA) is 73.9 Å². The van der Waals surface area contributed by atoms with Crippen LogP contribution in [0.5, 0.6) is 5.75 Å². The molecule has 6 nitrogen and oxygen atoms in total. The van der Waals surface area contributed by atoms with Crippen molar-refractivity contribution in [2.24, 2.45) is 0 Å². The van der Waals surface area contributed by atoms with Crippen LogP contribution >= 0.6 is 0 Å². The van der Waals surface area contributed by atoms with Gasteiger partial charge in [-0.05, 0) is 68.7 Å². The number of unbranched alkanes of at least 4 members (excludes halogenated alkanes) is 1. The van der Waals surface area contributed by atoms with Gasteiger partial charge in [0.25, 0.3) is 5.91 Å². The monoisotopic (exact) mass is 413 g/mol. The Hall–Kier alpha value is -2.86. The Labute approximate surface area is 178 Å². The highest BCUT2D eigenvalue weighted by Gasteiger charge is 2.16. The first-order chi connectivity index (χ1) is 14.5. The number of rotatable bonds is 12. The third-order valence-electron chi connectivity index (χ3n) is 4.47. The zero-order valence-corrected chi connectivity index (χ0v) is 18.0. The summed E-state index contributed by atoms with van der Waals surface area (Å²) in [6, 6.07) is 14.5. The number of aryl methyl sites for hydroxylation is 1. The molecule has 0 saturated heterocycles. The van der Waals surface area contributed by atoms with Crippen LogP contribution in [0.1, 0.15) is 49.5 Å². The van der Waals surface area contributed by atoms with Crippen molar-refractivity contribution in [1.29, 1.82) is 0 Å². The summed E-state index contributed by atoms with van der Waals surface area (Å²) in [5.74, 6) is -0.175. The fourth-order valence-corrected chi connectivity index (χ4v) is 2.74. The number of nitrogens with one attached hydrogen (secondary N) is 1. The summed E-state index contributed by atoms with van der Waals surface area (Å²) in [4.78, 5) is 24.4. The molecule has 0 fully saturated rings. The maximum absolute atomic E-state index is 12.4. The first-order valence-corrected chi connectivity index (χ1v) is 10.4. The minimum Gasteiger partial charge on any atom is -0.479 e. The average Bonchev–Trinajstić information content (AvgIpc) is 2.76. The number of esters is 1. The van der Waals surface area contributed by atoms with Gasteiger partial charge in [-0.25, -0.2) is 4.79 Å². The highest BCUT2D eigenvalue weighted by atomic mass is 16.6. The minimum absolute atomic E-state index is 0.194. The van der Waals surface area contributed by atoms with E-state index in [0.717, 1.165) is 24.9 Å². The van der Waals surface area contributed by atoms with Crippen molar-refractivity contribution in [3.63, 3.8) is 0 Å². The Morgan fingerprint density at radius 3 is 2.30 bits per heavy atom. The van der Waals surface area contributed by atoms with Crippen LogP contribution in [-0.2, 0) is 20.7 Å². The lowest BCUT2D eigenvalue weighted by Gasteiger charge is -2.14. The summed E-state index contributed by atoms with van der Waals surface area (Å²) in [5, 5.41) is 2.89. The fraction of sp³-hybridized carbons (Fsp3) is 0.417. The first kappa shape index (κ1) is 23.4. The normalized spacial score (nSPS) is 11.6. The summed E-state index contributed by atoms with van der Waals surface area (Å²) < 4.78 is 15.8. The van der Waals surface area contributed by atoms with E-state index in [1.165, 1.54) is 5.56 Å². The van der Waals surface area contributed by atoms with Gasteiger partial charge in [-0.3, -0.25) is 4.79 Å². The maximum atomic E-state index is 12.4. The van der Waals surface area contributed by atoms with E-state index in [1.807, 2.05) is 31.2 Å². The van der Waals surface area contributed by atoms with Crippen molar-refractivity contribution >= 4 is 17.6 Å². The zero-order valence-electron chi connectivity index (χ0n) is 18.0. The van der Waals surface area contributed by atoms with Gasteiger partial charge in [0.15, 0.2) is 6.10 Å². The predicted molar refractivity (Wildman–Crippen MR) is 117 cm³/mol. The molecule has 0 unspecified atom stereocenters. The van der Waals surface area contributed by atoms with Crippen molar-refractivity contribution in [1.82, 2.24) is 0 Å². The molecule has 0 bridgehead atoms. The van der Waals surface area contributed by atoms with Gasteiger partial charge in [0, 0.05) is 17.9 Å². The van der Waals surface area contributed by atoms with Crippen LogP contribution < -0.4 is 10.1 Å². The highest BCUT2D eigenvalue weighted by molar-refractivity contribution is 6.04. The summed E-state index contributed by atoms with van der Waals surface area (Å²) in [5.41, 5.74) is 2.52. The molecule has 30 heavy (non-hydrogen) atoms. The number of benzene rings is 2. The van der Waals surface area contributed by atoms with Gasteiger partial charge in [-0.1, -0.05) is 25.5 Å². The van der Waals surface area contributed by atoms with Crippen LogP contribution in [0.3, 0.4) is 0 Å². The number of carbonyl (C=O) groups is 2. The van der Waals surface area contributed by atoms with Crippen LogP contribution in [0.25, 0.3) is 0 Å². The van der Waals surface area contributed by atoms with Crippen LogP contribution in [0, 0.1) is 0 Å². The number of hydrogen-bond acceptors (Lipinski definition) is 5. The van der Waals surface area contributed by atoms with Crippen molar-refractivity contribution < 1.29 is 23.8 Å². The van der Waals surface area contributed by atoms with Crippen molar-refractivity contribution in [3.8, 4) is 5.75 Å². The third kappa shape index (κ3) is 7.87. The van der Waals surface area contributed by atoms with E-state index in [-0.39, 0.29) is 12.5 Å². The standard InChI is InChI=1S/C24H31NO5/c1-4-6-7-19-8-12-21(13-9-19)25-23(26)20-10-14-22(15-11-20)30-18(3)24(27)29-17-16-28-5-2/h8-15,18H,4-7,16-17H2,1-3H3,(H,25,26)/t18-/m0/s1. The Morgan fingerprint density at radius 1 is 0.967 bits per heavy atom. The van der Waals surface area contributed by atoms with Crippen LogP contribution in [0.2, 0.25) is 0 Å². The van der Waals surface area contributed by atoms with Gasteiger partial charge in [0.1, 0.15) is 12.4 Å². The van der Waals surface area contributed by atoms with Gasteiger partial charge in [-0.15, -0.1) is 0 Å². The Morgan fingerprint density at radius 2 is 1.67 bits per heavy atom. The second-order valence-corrected chi connectivity index (χ2v) is 6.90. The number of hydrogen-bond donors (Lipinski definition) is 1. The smallest absolute Gasteiger partial charge is 0.347 e. The Balaban J connectivity index is 1.84. The van der Waals surface area contributed by atoms with Gasteiger partial charge in [0.05, 0.1) is 6.61 Å². The van der Waals surface area contributed by atoms with E-state index in [1.54, 1.807) is 31.2 Å². The number of amides is 1. The molecule has 1 N–H and O–H groups in total. The SMILES string of the molecule is CCCCc1ccc(NC(=O)c2ccc(O[C@@H](C)C(=O)OCCOCC)cc2)cc1. The molecule has 0 radical (unpaired) electrons. The lowest BCUT2D eigenvalue weighted by Crippen LogP contribution is -2.27. The molecule has 0 heterocycles. The highest BCUT2D eigenvalue weighted by Crippen LogP contribution is 2.17. The van der Waals surface area contributed by atoms with E-state index < -0.39 is 12.1 Å². The number of carbonyl (C=O) groups excluding carboxylic acids is 2. The molecule has 0 aliphatic heterocycles. The second-order valence-electron chi connectivity index (χ2n) is 6.90. The van der Waals surface area contributed by atoms with E-state index in [0.29, 0.717) is 24.5 Å². The third-order valence-corrected chi connectivity index (χ3v) is 4.47. The number of anilines is 1. The summed E-state index contributed by atoms with van der Waals surface area (Å²) in [6.45, 7) is 6.80. The zero-order chi connectivity index (χ0) is 21.8. The largest absolute Gasteiger partial charge is 0.479 e. The molecule has 2 aromatic carbocycles. The number of ether oxygens (including phenoxy) is 3. The van der Waals surface area contributed by atoms with E-state index in [2.05, 4.69) is 12.2 Å². The van der Waals surface area contributed by atoms with Crippen molar-refractivity contribution in [2.45, 2.75) is 46.1 Å². The molecule has 162 valence electrons. The van der Waals surface area contributed by atoms with Crippen molar-refractivity contribution in [2.75, 3.05) is 25.1 Å². The van der Waals surface area contributed by atoms with Gasteiger partial charge in [0.2, 0.25) is 0 Å². The van der Waals surface area contributed by atoms with Crippen LogP contribution in [-0.4, -0.2) is 37.8 Å². The molecule has 2 rings (SSSR count). The lowest BCUT2D eigenvalue weighted by molar-refractivity contribution is -0.152. The van der Waals surface area contributed by atoms with Crippen LogP contribution in [0.4, 0.5) is 5.69 Å². The van der Waals surface area contributed by atoms with Crippen LogP contribution in [0.15, 0.2) is 48.5 Å². The molecule has 0 aromatic heterocycles. The van der Waals surface area contributed by atoms with Gasteiger partial charge >= 0.3 is 5.97 Å². The van der Waals surface area contributed by atoms with E-state index >= 15 is 0 Å². The molecular weight excluding hydrogens is 382 g/mol. The van der Waals surface area contributed by atoms with E-state index in [9.17, 15) is 9.59 Å². The first-order valence-electron chi connectivity index (χ1n) is 10.4. The molecule has 2 aromatic rings. The second kappa shape index (κ2) is 12.6. The molecular formula is C24H31NO5. The quantitative estimate of drug-likeness (QED) is 0.406. The molecule has 0 spiro atoms. The average molecular weight is 414 g/mol. The molecule has 0 aliphatic rings. The fourth-order valence-electron chi connectivity index (χ4n) is 2.74. The van der Waals surface area contributed by atoms with E-state index in [4.69, 9.17) is 14.2 Å². The molecule has 1 atom stereocenters. The van der Waals surface area contributed by atoms with Gasteiger partial charge in [-0.2, -0.15) is 0 Å². The Kier molecular flexibility index (Phi) is 9.87. The summed E-state index contributed by atoms with van der Waals surface area (Å²) in [6.07, 6.45) is 2.61. The van der Waals surface area contributed by atoms with Gasteiger partial charge < -0.3 is 19.5 Å². The minimum atomic E-state index is -0.752. The molecule has 1 amide bonds.